The Morgan fingerprint density at radius 2 is 1.95 bits per heavy atom. The van der Waals surface area contributed by atoms with Crippen LogP contribution in [0.5, 0.6) is 0 Å². The number of hydrogen-bond donors (Lipinski definition) is 1. The van der Waals surface area contributed by atoms with E-state index in [-0.39, 0.29) is 19.9 Å². The number of benzene rings is 1. The van der Waals surface area contributed by atoms with Crippen molar-refractivity contribution in [2.24, 2.45) is 0 Å². The minimum Gasteiger partial charge on any atom is -0.396 e. The molecule has 122 valence electrons. The van der Waals surface area contributed by atoms with Gasteiger partial charge in [0.25, 0.3) is 0 Å². The van der Waals surface area contributed by atoms with E-state index in [1.54, 1.807) is 13.1 Å². The van der Waals surface area contributed by atoms with Crippen LogP contribution in [0.15, 0.2) is 43.0 Å². The van der Waals surface area contributed by atoms with Gasteiger partial charge in [0.05, 0.1) is 5.25 Å². The average Bonchev–Trinajstić information content (AvgIpc) is 2.51. The lowest BCUT2D eigenvalue weighted by Gasteiger charge is -2.27. The number of aliphatic hydroxyl groups is 1. The zero-order valence-electron chi connectivity index (χ0n) is 13.5. The third-order valence-electron chi connectivity index (χ3n) is 3.96. The number of allylic oxidation sites excluding steroid dienone is 1. The van der Waals surface area contributed by atoms with Crippen molar-refractivity contribution < 1.29 is 13.5 Å². The lowest BCUT2D eigenvalue weighted by atomic mass is 9.60. The molecule has 1 aromatic rings. The third kappa shape index (κ3) is 5.27. The summed E-state index contributed by atoms with van der Waals surface area (Å²) in [5.74, 6) is 0. The molecule has 4 nitrogen and oxygen atoms in total. The molecule has 0 aliphatic rings. The molecular formula is C16H26BNO3S. The van der Waals surface area contributed by atoms with Crippen LogP contribution in [0.3, 0.4) is 0 Å². The summed E-state index contributed by atoms with van der Waals surface area (Å²) in [6, 6.07) is 9.85. The SMILES string of the molecule is C=CCCC(CCO)S(=O)(=O)N(C)B(C)Cc1ccccc1. The summed E-state index contributed by atoms with van der Waals surface area (Å²) in [7, 11) is -1.80. The van der Waals surface area contributed by atoms with Gasteiger partial charge in [-0.2, -0.15) is 0 Å². The Morgan fingerprint density at radius 3 is 2.50 bits per heavy atom. The largest absolute Gasteiger partial charge is 0.396 e. The van der Waals surface area contributed by atoms with Gasteiger partial charge in [0.2, 0.25) is 16.9 Å². The van der Waals surface area contributed by atoms with E-state index in [1.807, 2.05) is 37.2 Å². The molecule has 0 spiro atoms. The van der Waals surface area contributed by atoms with Gasteiger partial charge in [0.15, 0.2) is 0 Å². The van der Waals surface area contributed by atoms with E-state index in [2.05, 4.69) is 6.58 Å². The Hall–Kier alpha value is -1.11. The van der Waals surface area contributed by atoms with Gasteiger partial charge in [-0.05, 0) is 32.6 Å². The van der Waals surface area contributed by atoms with E-state index in [1.165, 1.54) is 4.22 Å². The summed E-state index contributed by atoms with van der Waals surface area (Å²) in [5.41, 5.74) is 1.11. The van der Waals surface area contributed by atoms with E-state index in [0.29, 0.717) is 19.2 Å². The molecule has 0 radical (unpaired) electrons. The first-order chi connectivity index (χ1) is 10.4. The topological polar surface area (TPSA) is 57.6 Å². The molecule has 0 bridgehead atoms. The Labute approximate surface area is 135 Å². The summed E-state index contributed by atoms with van der Waals surface area (Å²) in [5, 5.41) is 8.59. The van der Waals surface area contributed by atoms with E-state index >= 15 is 0 Å². The lowest BCUT2D eigenvalue weighted by molar-refractivity contribution is 0.282. The van der Waals surface area contributed by atoms with E-state index in [9.17, 15) is 8.42 Å². The predicted molar refractivity (Wildman–Crippen MR) is 93.4 cm³/mol. The number of rotatable bonds is 10. The van der Waals surface area contributed by atoms with Gasteiger partial charge in [-0.1, -0.05) is 48.8 Å². The average molecular weight is 323 g/mol. The minimum atomic E-state index is -3.43. The van der Waals surface area contributed by atoms with Crippen molar-refractivity contribution in [3.63, 3.8) is 0 Å². The molecule has 0 aliphatic heterocycles. The quantitative estimate of drug-likeness (QED) is 0.531. The summed E-state index contributed by atoms with van der Waals surface area (Å²) in [6.45, 7) is 5.30. The highest BCUT2D eigenvalue weighted by Gasteiger charge is 2.32. The maximum Gasteiger partial charge on any atom is 0.242 e. The Kier molecular flexibility index (Phi) is 7.86. The fraction of sp³-hybridized carbons (Fsp3) is 0.500. The first-order valence-electron chi connectivity index (χ1n) is 7.66. The molecule has 6 heteroatoms. The molecule has 1 N–H and O–H groups in total. The Balaban J connectivity index is 2.81. The van der Waals surface area contributed by atoms with E-state index < -0.39 is 15.3 Å². The van der Waals surface area contributed by atoms with Gasteiger partial charge in [0.1, 0.15) is 0 Å². The first-order valence-corrected chi connectivity index (χ1v) is 9.16. The second kappa shape index (κ2) is 9.13. The van der Waals surface area contributed by atoms with Crippen molar-refractivity contribution in [1.82, 2.24) is 4.22 Å². The van der Waals surface area contributed by atoms with Crippen LogP contribution in [0, 0.1) is 0 Å². The molecule has 1 atom stereocenters. The first kappa shape index (κ1) is 18.9. The maximum atomic E-state index is 12.7. The highest BCUT2D eigenvalue weighted by Crippen LogP contribution is 2.19. The molecule has 0 amide bonds. The molecule has 0 aromatic heterocycles. The minimum absolute atomic E-state index is 0.123. The van der Waals surface area contributed by atoms with Crippen LogP contribution in [-0.2, 0) is 16.3 Å². The van der Waals surface area contributed by atoms with Crippen LogP contribution < -0.4 is 0 Å². The molecule has 0 saturated heterocycles. The van der Waals surface area contributed by atoms with Crippen molar-refractivity contribution in [1.29, 1.82) is 0 Å². The smallest absolute Gasteiger partial charge is 0.242 e. The molecule has 0 heterocycles. The van der Waals surface area contributed by atoms with Crippen molar-refractivity contribution in [3.8, 4) is 0 Å². The molecule has 1 rings (SSSR count). The number of sulfonamides is 1. The standard InChI is InChI=1S/C16H26BNO3S/c1-4-5-11-16(12-13-19)22(20,21)18(3)17(2)14-15-9-7-6-8-10-15/h4,6-10,16,19H,1,5,11-14H2,2-3H3. The Morgan fingerprint density at radius 1 is 1.32 bits per heavy atom. The second-order valence-electron chi connectivity index (χ2n) is 5.60. The van der Waals surface area contributed by atoms with Crippen molar-refractivity contribution in [3.05, 3.63) is 48.6 Å². The molecule has 1 unspecified atom stereocenters. The summed E-state index contributed by atoms with van der Waals surface area (Å²) in [4.78, 5) is 0. The molecule has 22 heavy (non-hydrogen) atoms. The highest BCUT2D eigenvalue weighted by atomic mass is 32.2. The van der Waals surface area contributed by atoms with Gasteiger partial charge >= 0.3 is 0 Å². The van der Waals surface area contributed by atoms with Crippen molar-refractivity contribution >= 4 is 16.9 Å². The third-order valence-corrected chi connectivity index (χ3v) is 6.44. The number of nitrogens with zero attached hydrogens (tertiary/aromatic N) is 1. The van der Waals surface area contributed by atoms with Gasteiger partial charge in [-0.15, -0.1) is 6.58 Å². The fourth-order valence-corrected chi connectivity index (χ4v) is 4.34. The van der Waals surface area contributed by atoms with Crippen LogP contribution in [0.1, 0.15) is 24.8 Å². The number of hydrogen-bond acceptors (Lipinski definition) is 3. The zero-order chi connectivity index (χ0) is 16.6. The van der Waals surface area contributed by atoms with Gasteiger partial charge < -0.3 is 5.11 Å². The van der Waals surface area contributed by atoms with Crippen LogP contribution in [0.2, 0.25) is 6.82 Å². The fourth-order valence-electron chi connectivity index (χ4n) is 2.46. The van der Waals surface area contributed by atoms with Crippen molar-refractivity contribution in [2.45, 2.75) is 37.7 Å². The van der Waals surface area contributed by atoms with Gasteiger partial charge in [-0.25, -0.2) is 12.6 Å². The molecular weight excluding hydrogens is 297 g/mol. The van der Waals surface area contributed by atoms with Crippen LogP contribution in [0.25, 0.3) is 0 Å². The van der Waals surface area contributed by atoms with E-state index in [4.69, 9.17) is 5.11 Å². The Bertz CT molecular complexity index is 548. The molecule has 0 saturated carbocycles. The van der Waals surface area contributed by atoms with E-state index in [0.717, 1.165) is 5.56 Å². The predicted octanol–water partition coefficient (Wildman–Crippen LogP) is 2.37. The monoisotopic (exact) mass is 323 g/mol. The molecule has 1 aromatic carbocycles. The lowest BCUT2D eigenvalue weighted by Crippen LogP contribution is -2.45. The van der Waals surface area contributed by atoms with Crippen molar-refractivity contribution in [2.75, 3.05) is 13.7 Å². The summed E-state index contributed by atoms with van der Waals surface area (Å²) >= 11 is 0. The second-order valence-corrected chi connectivity index (χ2v) is 7.87. The summed E-state index contributed by atoms with van der Waals surface area (Å²) in [6.07, 6.45) is 3.77. The zero-order valence-corrected chi connectivity index (χ0v) is 14.3. The molecule has 0 aliphatic carbocycles. The van der Waals surface area contributed by atoms with Crippen LogP contribution in [0.4, 0.5) is 0 Å². The van der Waals surface area contributed by atoms with Crippen LogP contribution >= 0.6 is 0 Å². The van der Waals surface area contributed by atoms with Gasteiger partial charge in [-0.3, -0.25) is 0 Å². The van der Waals surface area contributed by atoms with Gasteiger partial charge in [0, 0.05) is 6.61 Å². The molecule has 0 fully saturated rings. The van der Waals surface area contributed by atoms with Crippen LogP contribution in [-0.4, -0.2) is 43.5 Å². The highest BCUT2D eigenvalue weighted by molar-refractivity contribution is 7.90. The number of aliphatic hydroxyl groups excluding tert-OH is 1. The normalized spacial score (nSPS) is 13.1. The maximum absolute atomic E-state index is 12.7. The summed E-state index contributed by atoms with van der Waals surface area (Å²) < 4.78 is 26.9.